The van der Waals surface area contributed by atoms with Crippen molar-refractivity contribution in [1.82, 2.24) is 5.32 Å². The van der Waals surface area contributed by atoms with E-state index in [2.05, 4.69) is 21.9 Å². The summed E-state index contributed by atoms with van der Waals surface area (Å²) in [5, 5.41) is 11.9. The predicted molar refractivity (Wildman–Crippen MR) is 73.4 cm³/mol. The average Bonchev–Trinajstić information content (AvgIpc) is 2.83. The number of carbonyl (C=O) groups is 1. The zero-order valence-corrected chi connectivity index (χ0v) is 11.0. The molecule has 1 heterocycles. The lowest BCUT2D eigenvalue weighted by atomic mass is 10.1. The molecule has 1 amide bonds. The fraction of sp³-hybridized carbons (Fsp3) is 0.462. The molecular formula is C13H19N3O2. The van der Waals surface area contributed by atoms with Crippen molar-refractivity contribution >= 4 is 17.3 Å². The molecule has 0 aliphatic carbocycles. The molecule has 0 bridgehead atoms. The smallest absolute Gasteiger partial charge is 0.244 e. The van der Waals surface area contributed by atoms with Gasteiger partial charge in [0.15, 0.2) is 0 Å². The summed E-state index contributed by atoms with van der Waals surface area (Å²) in [4.78, 5) is 20.0. The number of aliphatic hydroxyl groups is 1. The summed E-state index contributed by atoms with van der Waals surface area (Å²) in [6.07, 6.45) is 3.14. The highest BCUT2D eigenvalue weighted by atomic mass is 16.3. The topological polar surface area (TPSA) is 74.0 Å². The fourth-order valence-electron chi connectivity index (χ4n) is 1.71. The highest BCUT2D eigenvalue weighted by Crippen LogP contribution is 2.16. The van der Waals surface area contributed by atoms with Gasteiger partial charge in [0.2, 0.25) is 5.91 Å². The van der Waals surface area contributed by atoms with Gasteiger partial charge in [0.1, 0.15) is 11.8 Å². The molecule has 5 nitrogen and oxygen atoms in total. The van der Waals surface area contributed by atoms with Crippen molar-refractivity contribution in [3.05, 3.63) is 24.0 Å². The van der Waals surface area contributed by atoms with E-state index >= 15 is 0 Å². The Morgan fingerprint density at radius 1 is 1.67 bits per heavy atom. The van der Waals surface area contributed by atoms with Gasteiger partial charge in [0.25, 0.3) is 0 Å². The first-order valence-electron chi connectivity index (χ1n) is 5.81. The lowest BCUT2D eigenvalue weighted by Crippen LogP contribution is -2.28. The van der Waals surface area contributed by atoms with Crippen molar-refractivity contribution in [2.75, 3.05) is 14.1 Å². The van der Waals surface area contributed by atoms with Crippen molar-refractivity contribution in [1.29, 1.82) is 0 Å². The molecule has 0 aromatic carbocycles. The number of hydrogen-bond donors (Lipinski definition) is 2. The first-order chi connectivity index (χ1) is 8.49. The van der Waals surface area contributed by atoms with Crippen molar-refractivity contribution in [3.8, 4) is 0 Å². The second-order valence-electron chi connectivity index (χ2n) is 4.13. The molecule has 1 aliphatic rings. The Balaban J connectivity index is 2.90. The van der Waals surface area contributed by atoms with Crippen LogP contribution in [-0.4, -0.2) is 42.6 Å². The standard InChI is InChI=1S/C13H19N3O2/c1-8(9(2)17)7-12(14-3)10-5-6-11(16-10)13(18)15-4/h7,11,17H,2,5-6H2,1,3-4H3,(H,15,18)/b8-7-,14-12?. The van der Waals surface area contributed by atoms with Crippen molar-refractivity contribution < 1.29 is 9.90 Å². The first-order valence-corrected chi connectivity index (χ1v) is 5.81. The van der Waals surface area contributed by atoms with E-state index in [-0.39, 0.29) is 17.7 Å². The number of likely N-dealkylation sites (N-methyl/N-ethyl adjacent to an activating group) is 1. The average molecular weight is 249 g/mol. The van der Waals surface area contributed by atoms with Gasteiger partial charge in [-0.15, -0.1) is 0 Å². The van der Waals surface area contributed by atoms with Crippen LogP contribution in [0.4, 0.5) is 0 Å². The molecule has 98 valence electrons. The third kappa shape index (κ3) is 3.29. The highest BCUT2D eigenvalue weighted by molar-refractivity contribution is 6.47. The van der Waals surface area contributed by atoms with E-state index in [1.807, 2.05) is 0 Å². The molecule has 1 aliphatic heterocycles. The summed E-state index contributed by atoms with van der Waals surface area (Å²) in [6.45, 7) is 5.20. The van der Waals surface area contributed by atoms with Gasteiger partial charge in [-0.25, -0.2) is 0 Å². The third-order valence-electron chi connectivity index (χ3n) is 2.86. The van der Waals surface area contributed by atoms with Crippen LogP contribution in [-0.2, 0) is 4.79 Å². The Labute approximate surface area is 107 Å². The second-order valence-corrected chi connectivity index (χ2v) is 4.13. The van der Waals surface area contributed by atoms with E-state index in [4.69, 9.17) is 0 Å². The van der Waals surface area contributed by atoms with Crippen LogP contribution in [0.2, 0.25) is 0 Å². The van der Waals surface area contributed by atoms with Crippen LogP contribution >= 0.6 is 0 Å². The fourth-order valence-corrected chi connectivity index (χ4v) is 1.71. The largest absolute Gasteiger partial charge is 0.508 e. The van der Waals surface area contributed by atoms with E-state index in [9.17, 15) is 9.90 Å². The second kappa shape index (κ2) is 6.14. The molecule has 1 atom stereocenters. The zero-order chi connectivity index (χ0) is 13.7. The van der Waals surface area contributed by atoms with Crippen molar-refractivity contribution in [2.24, 2.45) is 9.98 Å². The maximum atomic E-state index is 11.5. The number of aliphatic imine (C=N–C) groups is 2. The molecule has 2 N–H and O–H groups in total. The number of aliphatic hydroxyl groups excluding tert-OH is 1. The Bertz CT molecular complexity index is 447. The number of nitrogens with zero attached hydrogens (tertiary/aromatic N) is 2. The third-order valence-corrected chi connectivity index (χ3v) is 2.86. The van der Waals surface area contributed by atoms with Gasteiger partial charge in [-0.3, -0.25) is 14.8 Å². The summed E-state index contributed by atoms with van der Waals surface area (Å²) in [6, 6.07) is -0.326. The Hall–Kier alpha value is -1.91. The summed E-state index contributed by atoms with van der Waals surface area (Å²) >= 11 is 0. The lowest BCUT2D eigenvalue weighted by molar-refractivity contribution is -0.121. The zero-order valence-electron chi connectivity index (χ0n) is 11.0. The molecular weight excluding hydrogens is 230 g/mol. The van der Waals surface area contributed by atoms with Gasteiger partial charge in [-0.1, -0.05) is 6.58 Å². The number of nitrogens with one attached hydrogen (secondary N) is 1. The predicted octanol–water partition coefficient (Wildman–Crippen LogP) is 1.42. The van der Waals surface area contributed by atoms with Crippen molar-refractivity contribution in [2.45, 2.75) is 25.8 Å². The minimum absolute atomic E-state index is 0.0117. The first kappa shape index (κ1) is 14.2. The maximum Gasteiger partial charge on any atom is 0.244 e. The Morgan fingerprint density at radius 3 is 2.83 bits per heavy atom. The normalized spacial score (nSPS) is 20.6. The minimum Gasteiger partial charge on any atom is -0.508 e. The van der Waals surface area contributed by atoms with Crippen LogP contribution in [0.3, 0.4) is 0 Å². The van der Waals surface area contributed by atoms with E-state index in [0.29, 0.717) is 24.1 Å². The summed E-state index contributed by atoms with van der Waals surface area (Å²) in [5.74, 6) is -0.0645. The van der Waals surface area contributed by atoms with Gasteiger partial charge >= 0.3 is 0 Å². The molecule has 0 saturated heterocycles. The molecule has 0 radical (unpaired) electrons. The monoisotopic (exact) mass is 249 g/mol. The number of allylic oxidation sites excluding steroid dienone is 2. The molecule has 1 rings (SSSR count). The van der Waals surface area contributed by atoms with Gasteiger partial charge in [0, 0.05) is 14.1 Å². The summed E-state index contributed by atoms with van der Waals surface area (Å²) in [7, 11) is 3.26. The quantitative estimate of drug-likeness (QED) is 0.449. The summed E-state index contributed by atoms with van der Waals surface area (Å²) < 4.78 is 0. The number of amides is 1. The van der Waals surface area contributed by atoms with Crippen LogP contribution in [0.15, 0.2) is 34.0 Å². The number of hydrogen-bond acceptors (Lipinski definition) is 4. The number of carbonyl (C=O) groups excluding carboxylic acids is 1. The van der Waals surface area contributed by atoms with Crippen LogP contribution < -0.4 is 5.32 Å². The Kier molecular flexibility index (Phi) is 4.83. The molecule has 0 aromatic rings. The van der Waals surface area contributed by atoms with E-state index in [0.717, 1.165) is 5.71 Å². The molecule has 1 unspecified atom stereocenters. The number of rotatable bonds is 4. The van der Waals surface area contributed by atoms with Crippen molar-refractivity contribution in [3.63, 3.8) is 0 Å². The summed E-state index contributed by atoms with van der Waals surface area (Å²) in [5.41, 5.74) is 2.13. The van der Waals surface area contributed by atoms with E-state index in [1.54, 1.807) is 27.1 Å². The molecule has 0 spiro atoms. The van der Waals surface area contributed by atoms with Crippen LogP contribution in [0.25, 0.3) is 0 Å². The van der Waals surface area contributed by atoms with Crippen LogP contribution in [0.1, 0.15) is 19.8 Å². The SMILES string of the molecule is C=C(O)/C(C)=C\C(=NC)C1=NC(C(=O)NC)CC1. The van der Waals surface area contributed by atoms with Crippen LogP contribution in [0.5, 0.6) is 0 Å². The van der Waals surface area contributed by atoms with Gasteiger partial charge in [-0.2, -0.15) is 0 Å². The molecule has 0 saturated carbocycles. The lowest BCUT2D eigenvalue weighted by Gasteiger charge is -2.03. The molecule has 18 heavy (non-hydrogen) atoms. The minimum atomic E-state index is -0.326. The van der Waals surface area contributed by atoms with E-state index in [1.165, 1.54) is 0 Å². The molecule has 0 fully saturated rings. The molecule has 0 aromatic heterocycles. The van der Waals surface area contributed by atoms with Gasteiger partial charge in [0.05, 0.1) is 11.4 Å². The molecule has 5 heteroatoms. The van der Waals surface area contributed by atoms with Crippen LogP contribution in [0, 0.1) is 0 Å². The van der Waals surface area contributed by atoms with Gasteiger partial charge < -0.3 is 10.4 Å². The Morgan fingerprint density at radius 2 is 2.33 bits per heavy atom. The van der Waals surface area contributed by atoms with E-state index < -0.39 is 0 Å². The highest BCUT2D eigenvalue weighted by Gasteiger charge is 2.24. The van der Waals surface area contributed by atoms with Gasteiger partial charge in [-0.05, 0) is 31.4 Å². The maximum absolute atomic E-state index is 11.5.